The van der Waals surface area contributed by atoms with E-state index in [2.05, 4.69) is 15.9 Å². The lowest BCUT2D eigenvalue weighted by Gasteiger charge is -1.95. The maximum Gasteiger partial charge on any atom is 0.129 e. The molecule has 4 N–H and O–H groups in total. The van der Waals surface area contributed by atoms with E-state index in [1.54, 1.807) is 6.07 Å². The molecule has 0 fully saturated rings. The van der Waals surface area contributed by atoms with Gasteiger partial charge in [-0.3, -0.25) is 0 Å². The highest BCUT2D eigenvalue weighted by atomic mass is 79.9. The molecule has 0 spiro atoms. The summed E-state index contributed by atoms with van der Waals surface area (Å²) in [5.41, 5.74) is 1.14. The minimum absolute atomic E-state index is 0. The first-order valence-corrected chi connectivity index (χ1v) is 3.44. The Kier molecular flexibility index (Phi) is 3.39. The van der Waals surface area contributed by atoms with Crippen molar-refractivity contribution in [2.45, 2.75) is 6.92 Å². The average Bonchev–Trinajstić information content (AvgIpc) is 1.80. The Morgan fingerprint density at radius 1 is 1.40 bits per heavy atom. The van der Waals surface area contributed by atoms with Crippen LogP contribution in [0.25, 0.3) is 0 Å². The lowest BCUT2D eigenvalue weighted by atomic mass is 10.2. The first kappa shape index (κ1) is 9.46. The van der Waals surface area contributed by atoms with E-state index in [1.165, 1.54) is 0 Å². The number of aryl methyl sites for hydroxylation is 1. The molecule has 0 aliphatic carbocycles. The van der Waals surface area contributed by atoms with Gasteiger partial charge in [0.2, 0.25) is 0 Å². The van der Waals surface area contributed by atoms with Gasteiger partial charge in [-0.1, -0.05) is 6.07 Å². The molecule has 2 nitrogen and oxygen atoms in total. The normalized spacial score (nSPS) is 8.60. The molecule has 0 amide bonds. The summed E-state index contributed by atoms with van der Waals surface area (Å²) in [6.45, 7) is 1.98. The van der Waals surface area contributed by atoms with Gasteiger partial charge in [0.1, 0.15) is 5.75 Å². The Hall–Kier alpha value is -0.540. The smallest absolute Gasteiger partial charge is 0.129 e. The lowest BCUT2D eigenvalue weighted by molar-refractivity contribution is 0.472. The highest BCUT2D eigenvalue weighted by molar-refractivity contribution is 9.10. The van der Waals surface area contributed by atoms with Crippen molar-refractivity contribution >= 4 is 15.9 Å². The molecular formula is C7H10BrNO. The molecule has 1 aromatic rings. The van der Waals surface area contributed by atoms with Gasteiger partial charge in [-0.2, -0.15) is 0 Å². The van der Waals surface area contributed by atoms with Crippen molar-refractivity contribution in [2.24, 2.45) is 0 Å². The van der Waals surface area contributed by atoms with Crippen molar-refractivity contribution in [3.63, 3.8) is 0 Å². The van der Waals surface area contributed by atoms with E-state index in [1.807, 2.05) is 19.1 Å². The van der Waals surface area contributed by atoms with E-state index in [4.69, 9.17) is 5.11 Å². The Morgan fingerprint density at radius 2 is 2.00 bits per heavy atom. The van der Waals surface area contributed by atoms with Crippen LogP contribution in [-0.2, 0) is 0 Å². The predicted molar refractivity (Wildman–Crippen MR) is 45.6 cm³/mol. The van der Waals surface area contributed by atoms with Gasteiger partial charge in [0.05, 0.1) is 4.47 Å². The van der Waals surface area contributed by atoms with Gasteiger partial charge < -0.3 is 11.3 Å². The van der Waals surface area contributed by atoms with Gasteiger partial charge in [-0.15, -0.1) is 0 Å². The summed E-state index contributed by atoms with van der Waals surface area (Å²) in [6.07, 6.45) is 0. The van der Waals surface area contributed by atoms with Crippen LogP contribution in [0.15, 0.2) is 22.7 Å². The molecule has 1 rings (SSSR count). The number of phenols is 1. The summed E-state index contributed by atoms with van der Waals surface area (Å²) in [5, 5.41) is 9.00. The van der Waals surface area contributed by atoms with Crippen LogP contribution in [0.2, 0.25) is 0 Å². The fourth-order valence-corrected chi connectivity index (χ4v) is 1.11. The summed E-state index contributed by atoms with van der Waals surface area (Å²) in [4.78, 5) is 0. The zero-order valence-corrected chi connectivity index (χ0v) is 7.35. The van der Waals surface area contributed by atoms with Crippen LogP contribution < -0.4 is 6.15 Å². The first-order valence-electron chi connectivity index (χ1n) is 2.65. The highest BCUT2D eigenvalue weighted by Gasteiger charge is 1.93. The number of benzene rings is 1. The summed E-state index contributed by atoms with van der Waals surface area (Å²) in [7, 11) is 0. The number of rotatable bonds is 0. The third-order valence-corrected chi connectivity index (χ3v) is 1.74. The molecule has 0 bridgehead atoms. The molecule has 56 valence electrons. The molecule has 0 atom stereocenters. The Balaban J connectivity index is 0.000000810. The Morgan fingerprint density at radius 3 is 2.40 bits per heavy atom. The predicted octanol–water partition coefficient (Wildman–Crippen LogP) is 2.63. The third kappa shape index (κ3) is 2.01. The van der Waals surface area contributed by atoms with Crippen LogP contribution in [-0.4, -0.2) is 5.11 Å². The van der Waals surface area contributed by atoms with Crippen molar-refractivity contribution in [1.82, 2.24) is 6.15 Å². The molecular weight excluding hydrogens is 194 g/mol. The highest BCUT2D eigenvalue weighted by Crippen LogP contribution is 2.23. The second kappa shape index (κ2) is 3.58. The molecule has 0 aliphatic rings. The summed E-state index contributed by atoms with van der Waals surface area (Å²) < 4.78 is 0.752. The fourth-order valence-electron chi connectivity index (χ4n) is 0.612. The van der Waals surface area contributed by atoms with Crippen molar-refractivity contribution < 1.29 is 5.11 Å². The standard InChI is InChI=1S/C7H7BrO.H3N/c1-5-2-3-7(9)6(8)4-5;/h2-4,9H,1H3;1H3. The van der Waals surface area contributed by atoms with Gasteiger partial charge in [0.25, 0.3) is 0 Å². The second-order valence-corrected chi connectivity index (χ2v) is 2.81. The zero-order chi connectivity index (χ0) is 6.85. The summed E-state index contributed by atoms with van der Waals surface area (Å²) >= 11 is 3.20. The van der Waals surface area contributed by atoms with Crippen LogP contribution in [0.3, 0.4) is 0 Å². The maximum atomic E-state index is 9.00. The second-order valence-electron chi connectivity index (χ2n) is 1.95. The monoisotopic (exact) mass is 203 g/mol. The number of halogens is 1. The number of phenolic OH excluding ortho intramolecular Hbond substituents is 1. The molecule has 0 saturated heterocycles. The SMILES string of the molecule is Cc1ccc(O)c(Br)c1.N. The molecule has 0 aromatic heterocycles. The van der Waals surface area contributed by atoms with Gasteiger partial charge >= 0.3 is 0 Å². The Bertz CT molecular complexity index is 225. The summed E-state index contributed by atoms with van der Waals surface area (Å²) in [6, 6.07) is 5.40. The van der Waals surface area contributed by atoms with Crippen molar-refractivity contribution in [1.29, 1.82) is 0 Å². The van der Waals surface area contributed by atoms with Crippen LogP contribution in [0.5, 0.6) is 5.75 Å². The number of hydrogen-bond donors (Lipinski definition) is 2. The molecule has 0 unspecified atom stereocenters. The topological polar surface area (TPSA) is 55.2 Å². The number of hydrogen-bond acceptors (Lipinski definition) is 2. The quantitative estimate of drug-likeness (QED) is 0.682. The molecule has 1 aromatic carbocycles. The van der Waals surface area contributed by atoms with E-state index >= 15 is 0 Å². The van der Waals surface area contributed by atoms with Crippen LogP contribution >= 0.6 is 15.9 Å². The van der Waals surface area contributed by atoms with Crippen LogP contribution in [0.1, 0.15) is 5.56 Å². The van der Waals surface area contributed by atoms with E-state index in [0.29, 0.717) is 5.75 Å². The van der Waals surface area contributed by atoms with Gasteiger partial charge in [0, 0.05) is 0 Å². The number of aromatic hydroxyl groups is 1. The summed E-state index contributed by atoms with van der Waals surface area (Å²) in [5.74, 6) is 0.292. The van der Waals surface area contributed by atoms with Gasteiger partial charge in [0.15, 0.2) is 0 Å². The van der Waals surface area contributed by atoms with Crippen molar-refractivity contribution in [3.05, 3.63) is 28.2 Å². The maximum absolute atomic E-state index is 9.00. The largest absolute Gasteiger partial charge is 0.507 e. The van der Waals surface area contributed by atoms with Gasteiger partial charge in [-0.05, 0) is 40.5 Å². The average molecular weight is 204 g/mol. The molecule has 10 heavy (non-hydrogen) atoms. The van der Waals surface area contributed by atoms with Gasteiger partial charge in [-0.25, -0.2) is 0 Å². The van der Waals surface area contributed by atoms with E-state index in [0.717, 1.165) is 10.0 Å². The molecule has 3 heteroatoms. The minimum atomic E-state index is 0. The molecule has 0 aliphatic heterocycles. The van der Waals surface area contributed by atoms with Crippen molar-refractivity contribution in [2.75, 3.05) is 0 Å². The van der Waals surface area contributed by atoms with Crippen LogP contribution in [0, 0.1) is 6.92 Å². The van der Waals surface area contributed by atoms with E-state index in [9.17, 15) is 0 Å². The van der Waals surface area contributed by atoms with Crippen molar-refractivity contribution in [3.8, 4) is 5.75 Å². The first-order chi connectivity index (χ1) is 4.20. The zero-order valence-electron chi connectivity index (χ0n) is 5.76. The molecule has 0 saturated carbocycles. The molecule has 0 heterocycles. The fraction of sp³-hybridized carbons (Fsp3) is 0.143. The van der Waals surface area contributed by atoms with E-state index in [-0.39, 0.29) is 6.15 Å². The minimum Gasteiger partial charge on any atom is -0.507 e. The van der Waals surface area contributed by atoms with Crippen LogP contribution in [0.4, 0.5) is 0 Å². The third-order valence-electron chi connectivity index (χ3n) is 1.10. The Labute approximate surface area is 68.6 Å². The van der Waals surface area contributed by atoms with E-state index < -0.39 is 0 Å². The lowest BCUT2D eigenvalue weighted by Crippen LogP contribution is -1.71. The molecule has 0 radical (unpaired) electrons.